The molecule has 0 saturated carbocycles. The van der Waals surface area contributed by atoms with Crippen molar-refractivity contribution in [3.8, 4) is 6.07 Å². The summed E-state index contributed by atoms with van der Waals surface area (Å²) >= 11 is 0. The standard InChI is InChI=1S/C14H15N5/c1-10-13(16-2)14(19-9-18-10)17-8-12-5-3-4-11(6-12)7-15/h3-6,9,16H,8H2,1-2H3,(H,17,18,19). The van der Waals surface area contributed by atoms with Gasteiger partial charge in [0.05, 0.1) is 23.0 Å². The van der Waals surface area contributed by atoms with Crippen LogP contribution in [0.4, 0.5) is 11.5 Å². The normalized spacial score (nSPS) is 9.74. The van der Waals surface area contributed by atoms with E-state index < -0.39 is 0 Å². The summed E-state index contributed by atoms with van der Waals surface area (Å²) in [5, 5.41) is 15.2. The third-order valence-electron chi connectivity index (χ3n) is 2.80. The quantitative estimate of drug-likeness (QED) is 0.874. The third-order valence-corrected chi connectivity index (χ3v) is 2.80. The minimum atomic E-state index is 0.612. The molecular weight excluding hydrogens is 238 g/mol. The van der Waals surface area contributed by atoms with Crippen LogP contribution in [-0.4, -0.2) is 17.0 Å². The Morgan fingerprint density at radius 3 is 2.89 bits per heavy atom. The van der Waals surface area contributed by atoms with E-state index >= 15 is 0 Å². The van der Waals surface area contributed by atoms with Gasteiger partial charge in [0.25, 0.3) is 0 Å². The van der Waals surface area contributed by atoms with Crippen molar-refractivity contribution in [2.45, 2.75) is 13.5 Å². The average Bonchev–Trinajstić information content (AvgIpc) is 2.45. The van der Waals surface area contributed by atoms with E-state index in [-0.39, 0.29) is 0 Å². The van der Waals surface area contributed by atoms with Crippen LogP contribution in [0.25, 0.3) is 0 Å². The number of rotatable bonds is 4. The van der Waals surface area contributed by atoms with Crippen LogP contribution in [0.1, 0.15) is 16.8 Å². The van der Waals surface area contributed by atoms with Gasteiger partial charge in [-0.2, -0.15) is 5.26 Å². The molecule has 0 amide bonds. The Morgan fingerprint density at radius 1 is 1.32 bits per heavy atom. The van der Waals surface area contributed by atoms with Gasteiger partial charge in [-0.1, -0.05) is 12.1 Å². The van der Waals surface area contributed by atoms with Crippen LogP contribution in [0.5, 0.6) is 0 Å². The molecule has 2 N–H and O–H groups in total. The lowest BCUT2D eigenvalue weighted by molar-refractivity contribution is 1.05. The molecule has 5 heteroatoms. The van der Waals surface area contributed by atoms with Crippen LogP contribution in [-0.2, 0) is 6.54 Å². The highest BCUT2D eigenvalue weighted by molar-refractivity contribution is 5.66. The van der Waals surface area contributed by atoms with E-state index in [4.69, 9.17) is 5.26 Å². The van der Waals surface area contributed by atoms with Gasteiger partial charge in [0.15, 0.2) is 5.82 Å². The molecule has 2 rings (SSSR count). The first-order valence-electron chi connectivity index (χ1n) is 5.97. The Kier molecular flexibility index (Phi) is 3.94. The molecular formula is C14H15N5. The van der Waals surface area contributed by atoms with Gasteiger partial charge in [0.2, 0.25) is 0 Å². The SMILES string of the molecule is CNc1c(C)ncnc1NCc1cccc(C#N)c1. The third kappa shape index (κ3) is 2.99. The Labute approximate surface area is 112 Å². The van der Waals surface area contributed by atoms with Crippen LogP contribution in [0.15, 0.2) is 30.6 Å². The summed E-state index contributed by atoms with van der Waals surface area (Å²) < 4.78 is 0. The van der Waals surface area contributed by atoms with E-state index in [0.29, 0.717) is 12.1 Å². The number of nitrogens with one attached hydrogen (secondary N) is 2. The number of aryl methyl sites for hydroxylation is 1. The molecule has 0 fully saturated rings. The highest BCUT2D eigenvalue weighted by atomic mass is 15.1. The summed E-state index contributed by atoms with van der Waals surface area (Å²) in [6.45, 7) is 2.54. The zero-order chi connectivity index (χ0) is 13.7. The second kappa shape index (κ2) is 5.83. The molecule has 0 bridgehead atoms. The van der Waals surface area contributed by atoms with Gasteiger partial charge in [-0.3, -0.25) is 0 Å². The Morgan fingerprint density at radius 2 is 2.16 bits per heavy atom. The maximum atomic E-state index is 8.86. The molecule has 0 aliphatic rings. The van der Waals surface area contributed by atoms with E-state index in [1.807, 2.05) is 32.2 Å². The number of hydrogen-bond acceptors (Lipinski definition) is 5. The van der Waals surface area contributed by atoms with Gasteiger partial charge < -0.3 is 10.6 Å². The van der Waals surface area contributed by atoms with Crippen LogP contribution in [0.2, 0.25) is 0 Å². The van der Waals surface area contributed by atoms with Gasteiger partial charge in [-0.25, -0.2) is 9.97 Å². The molecule has 19 heavy (non-hydrogen) atoms. The number of anilines is 2. The Bertz CT molecular complexity index is 615. The number of benzene rings is 1. The lowest BCUT2D eigenvalue weighted by atomic mass is 10.1. The predicted octanol–water partition coefficient (Wildman–Crippen LogP) is 2.31. The smallest absolute Gasteiger partial charge is 0.153 e. The summed E-state index contributed by atoms with van der Waals surface area (Å²) in [6, 6.07) is 9.63. The molecule has 0 atom stereocenters. The van der Waals surface area contributed by atoms with Gasteiger partial charge in [0.1, 0.15) is 6.33 Å². The van der Waals surface area contributed by atoms with Crippen molar-refractivity contribution in [3.05, 3.63) is 47.4 Å². The summed E-state index contributed by atoms with van der Waals surface area (Å²) in [5.41, 5.74) is 3.48. The number of nitrogens with zero attached hydrogens (tertiary/aromatic N) is 3. The lowest BCUT2D eigenvalue weighted by Gasteiger charge is -2.12. The van der Waals surface area contributed by atoms with Crippen LogP contribution >= 0.6 is 0 Å². The van der Waals surface area contributed by atoms with Crippen molar-refractivity contribution in [3.63, 3.8) is 0 Å². The highest BCUT2D eigenvalue weighted by Gasteiger charge is 2.06. The molecule has 1 aromatic heterocycles. The summed E-state index contributed by atoms with van der Waals surface area (Å²) in [6.07, 6.45) is 1.53. The van der Waals surface area contributed by atoms with Crippen molar-refractivity contribution < 1.29 is 0 Å². The lowest BCUT2D eigenvalue weighted by Crippen LogP contribution is -2.07. The summed E-state index contributed by atoms with van der Waals surface area (Å²) in [4.78, 5) is 8.35. The second-order valence-electron chi connectivity index (χ2n) is 4.10. The van der Waals surface area contributed by atoms with E-state index in [9.17, 15) is 0 Å². The molecule has 0 radical (unpaired) electrons. The largest absolute Gasteiger partial charge is 0.384 e. The van der Waals surface area contributed by atoms with Crippen LogP contribution < -0.4 is 10.6 Å². The second-order valence-corrected chi connectivity index (χ2v) is 4.10. The van der Waals surface area contributed by atoms with E-state index in [2.05, 4.69) is 26.7 Å². The van der Waals surface area contributed by atoms with Crippen molar-refractivity contribution >= 4 is 11.5 Å². The minimum absolute atomic E-state index is 0.612. The topological polar surface area (TPSA) is 73.6 Å². The maximum absolute atomic E-state index is 8.86. The van der Waals surface area contributed by atoms with E-state index in [1.54, 1.807) is 6.07 Å². The molecule has 96 valence electrons. The Hall–Kier alpha value is -2.61. The summed E-state index contributed by atoms with van der Waals surface area (Å²) in [5.74, 6) is 0.761. The molecule has 0 aliphatic carbocycles. The highest BCUT2D eigenvalue weighted by Crippen LogP contribution is 2.21. The van der Waals surface area contributed by atoms with Gasteiger partial charge in [-0.05, 0) is 24.6 Å². The first kappa shape index (κ1) is 12.8. The monoisotopic (exact) mass is 253 g/mol. The maximum Gasteiger partial charge on any atom is 0.153 e. The minimum Gasteiger partial charge on any atom is -0.384 e. The molecule has 1 aromatic carbocycles. The Balaban J connectivity index is 2.15. The molecule has 0 aliphatic heterocycles. The number of nitriles is 1. The van der Waals surface area contributed by atoms with E-state index in [0.717, 1.165) is 22.8 Å². The van der Waals surface area contributed by atoms with Crippen LogP contribution in [0, 0.1) is 18.3 Å². The number of aromatic nitrogens is 2. The molecule has 1 heterocycles. The fourth-order valence-electron chi connectivity index (χ4n) is 1.84. The van der Waals surface area contributed by atoms with E-state index in [1.165, 1.54) is 6.33 Å². The van der Waals surface area contributed by atoms with Crippen LogP contribution in [0.3, 0.4) is 0 Å². The summed E-state index contributed by atoms with van der Waals surface area (Å²) in [7, 11) is 1.84. The predicted molar refractivity (Wildman–Crippen MR) is 74.8 cm³/mol. The average molecular weight is 253 g/mol. The molecule has 2 aromatic rings. The van der Waals surface area contributed by atoms with Crippen molar-refractivity contribution in [1.29, 1.82) is 5.26 Å². The fourth-order valence-corrected chi connectivity index (χ4v) is 1.84. The van der Waals surface area contributed by atoms with Crippen molar-refractivity contribution in [2.75, 3.05) is 17.7 Å². The molecule has 5 nitrogen and oxygen atoms in total. The van der Waals surface area contributed by atoms with Crippen molar-refractivity contribution in [1.82, 2.24) is 9.97 Å². The molecule has 0 saturated heterocycles. The fraction of sp³-hybridized carbons (Fsp3) is 0.214. The first-order valence-corrected chi connectivity index (χ1v) is 5.97. The van der Waals surface area contributed by atoms with Gasteiger partial charge in [-0.15, -0.1) is 0 Å². The first-order chi connectivity index (χ1) is 9.24. The molecule has 0 unspecified atom stereocenters. The zero-order valence-corrected chi connectivity index (χ0v) is 10.9. The van der Waals surface area contributed by atoms with Gasteiger partial charge in [0, 0.05) is 13.6 Å². The van der Waals surface area contributed by atoms with Gasteiger partial charge >= 0.3 is 0 Å². The van der Waals surface area contributed by atoms with Crippen molar-refractivity contribution in [2.24, 2.45) is 0 Å². The molecule has 0 spiro atoms. The number of hydrogen-bond donors (Lipinski definition) is 2. The zero-order valence-electron chi connectivity index (χ0n) is 10.9.